The fourth-order valence-corrected chi connectivity index (χ4v) is 2.84. The van der Waals surface area contributed by atoms with Crippen molar-refractivity contribution in [3.05, 3.63) is 0 Å². The first-order valence-electron chi connectivity index (χ1n) is 9.39. The van der Waals surface area contributed by atoms with Crippen LogP contribution >= 0.6 is 7.82 Å². The summed E-state index contributed by atoms with van der Waals surface area (Å²) in [6.45, 7) is 1.16. The highest BCUT2D eigenvalue weighted by Gasteiger charge is 2.20. The second-order valence-corrected chi connectivity index (χ2v) is 7.61. The lowest BCUT2D eigenvalue weighted by Crippen LogP contribution is -2.26. The van der Waals surface area contributed by atoms with E-state index in [-0.39, 0.29) is 6.42 Å². The van der Waals surface area contributed by atoms with Gasteiger partial charge in [0.25, 0.3) is 0 Å². The number of hydrogen-bond donors (Lipinski definition) is 3. The van der Waals surface area contributed by atoms with Crippen LogP contribution in [0.1, 0.15) is 84.0 Å². The second kappa shape index (κ2) is 15.8. The molecule has 0 aliphatic carbocycles. The molecule has 0 unspecified atom stereocenters. The Morgan fingerprint density at radius 1 is 0.920 bits per heavy atom. The highest BCUT2D eigenvalue weighted by Crippen LogP contribution is 2.35. The third kappa shape index (κ3) is 18.1. The molecule has 8 heteroatoms. The first kappa shape index (κ1) is 24.5. The van der Waals surface area contributed by atoms with Crippen LogP contribution < -0.4 is 0 Å². The molecule has 0 heterocycles. The maximum atomic E-state index is 11.6. The number of ether oxygens (including phenoxy) is 1. The minimum absolute atomic E-state index is 0.240. The Kier molecular flexibility index (Phi) is 15.5. The second-order valence-electron chi connectivity index (χ2n) is 6.37. The lowest BCUT2D eigenvalue weighted by atomic mass is 10.1. The predicted octanol–water partition coefficient (Wildman–Crippen LogP) is 3.70. The van der Waals surface area contributed by atoms with Crippen LogP contribution in [0.5, 0.6) is 0 Å². The van der Waals surface area contributed by atoms with Crippen molar-refractivity contribution in [2.45, 2.75) is 90.1 Å². The van der Waals surface area contributed by atoms with Crippen molar-refractivity contribution < 1.29 is 33.5 Å². The maximum Gasteiger partial charge on any atom is 0.469 e. The summed E-state index contributed by atoms with van der Waals surface area (Å²) in [6.07, 6.45) is 12.2. The number of esters is 1. The van der Waals surface area contributed by atoms with E-state index in [4.69, 9.17) is 19.6 Å². The molecule has 0 aromatic heterocycles. The van der Waals surface area contributed by atoms with Gasteiger partial charge in [-0.25, -0.2) is 4.57 Å². The molecule has 0 aromatic carbocycles. The average molecular weight is 382 g/mol. The summed E-state index contributed by atoms with van der Waals surface area (Å²) < 4.78 is 19.7. The summed E-state index contributed by atoms with van der Waals surface area (Å²) in [5, 5.41) is 9.02. The SMILES string of the molecule is CCCCCCCCCCCCCC(=O)O[C@H](CO)COP(=O)(O)O. The Morgan fingerprint density at radius 2 is 1.40 bits per heavy atom. The molecule has 1 atom stereocenters. The quantitative estimate of drug-likeness (QED) is 0.200. The Bertz CT molecular complexity index is 370. The molecule has 0 aliphatic rings. The van der Waals surface area contributed by atoms with Crippen molar-refractivity contribution in [2.24, 2.45) is 0 Å². The number of aliphatic hydroxyl groups excluding tert-OH is 1. The first-order valence-corrected chi connectivity index (χ1v) is 10.9. The van der Waals surface area contributed by atoms with Crippen molar-refractivity contribution in [1.82, 2.24) is 0 Å². The van der Waals surface area contributed by atoms with E-state index < -0.39 is 33.1 Å². The van der Waals surface area contributed by atoms with Crippen LogP contribution in [0.25, 0.3) is 0 Å². The highest BCUT2D eigenvalue weighted by atomic mass is 31.2. The van der Waals surface area contributed by atoms with Crippen LogP contribution in [0, 0.1) is 0 Å². The molecule has 0 saturated carbocycles. The molecule has 0 amide bonds. The van der Waals surface area contributed by atoms with Gasteiger partial charge >= 0.3 is 13.8 Å². The van der Waals surface area contributed by atoms with E-state index in [2.05, 4.69) is 11.4 Å². The maximum absolute atomic E-state index is 11.6. The molecule has 7 nitrogen and oxygen atoms in total. The summed E-state index contributed by atoms with van der Waals surface area (Å²) in [4.78, 5) is 28.8. The zero-order valence-electron chi connectivity index (χ0n) is 15.4. The van der Waals surface area contributed by atoms with Gasteiger partial charge in [0.2, 0.25) is 0 Å². The normalized spacial score (nSPS) is 13.0. The van der Waals surface area contributed by atoms with Crippen LogP contribution in [0.2, 0.25) is 0 Å². The lowest BCUT2D eigenvalue weighted by Gasteiger charge is -2.15. The van der Waals surface area contributed by atoms with Gasteiger partial charge in [0.1, 0.15) is 6.10 Å². The van der Waals surface area contributed by atoms with Gasteiger partial charge in [-0.1, -0.05) is 71.1 Å². The predicted molar refractivity (Wildman–Crippen MR) is 96.0 cm³/mol. The number of unbranched alkanes of at least 4 members (excludes halogenated alkanes) is 10. The van der Waals surface area contributed by atoms with Crippen LogP contribution in [0.15, 0.2) is 0 Å². The molecular formula is C17H35O7P. The molecule has 0 fully saturated rings. The molecule has 0 radical (unpaired) electrons. The molecule has 0 bridgehead atoms. The van der Waals surface area contributed by atoms with Gasteiger partial charge in [0.15, 0.2) is 0 Å². The minimum atomic E-state index is -4.63. The molecule has 0 saturated heterocycles. The largest absolute Gasteiger partial charge is 0.469 e. The monoisotopic (exact) mass is 382 g/mol. The molecule has 0 aromatic rings. The molecule has 0 rings (SSSR count). The van der Waals surface area contributed by atoms with Gasteiger partial charge < -0.3 is 19.6 Å². The Morgan fingerprint density at radius 3 is 1.84 bits per heavy atom. The number of rotatable bonds is 17. The van der Waals surface area contributed by atoms with Gasteiger partial charge in [-0.15, -0.1) is 0 Å². The highest BCUT2D eigenvalue weighted by molar-refractivity contribution is 7.46. The Hall–Kier alpha value is -0.460. The number of hydrogen-bond acceptors (Lipinski definition) is 5. The summed E-state index contributed by atoms with van der Waals surface area (Å²) in [7, 11) is -4.63. The topological polar surface area (TPSA) is 113 Å². The van der Waals surface area contributed by atoms with E-state index in [0.29, 0.717) is 6.42 Å². The van der Waals surface area contributed by atoms with E-state index in [1.54, 1.807) is 0 Å². The number of aliphatic hydroxyl groups is 1. The molecular weight excluding hydrogens is 347 g/mol. The van der Waals surface area contributed by atoms with E-state index in [1.165, 1.54) is 51.4 Å². The zero-order chi connectivity index (χ0) is 19.0. The molecule has 150 valence electrons. The van der Waals surface area contributed by atoms with E-state index >= 15 is 0 Å². The van der Waals surface area contributed by atoms with E-state index in [9.17, 15) is 9.36 Å². The van der Waals surface area contributed by atoms with E-state index in [0.717, 1.165) is 12.8 Å². The number of carbonyl (C=O) groups is 1. The van der Waals surface area contributed by atoms with Crippen LogP contribution in [0.3, 0.4) is 0 Å². The van der Waals surface area contributed by atoms with Gasteiger partial charge in [-0.05, 0) is 6.42 Å². The van der Waals surface area contributed by atoms with Crippen LogP contribution in [-0.2, 0) is 18.6 Å². The Balaban J connectivity index is 3.52. The average Bonchev–Trinajstić information content (AvgIpc) is 2.55. The first-order chi connectivity index (χ1) is 11.9. The molecule has 25 heavy (non-hydrogen) atoms. The van der Waals surface area contributed by atoms with Crippen molar-refractivity contribution >= 4 is 13.8 Å². The third-order valence-corrected chi connectivity index (χ3v) is 4.40. The van der Waals surface area contributed by atoms with Crippen LogP contribution in [-0.4, -0.2) is 40.2 Å². The standard InChI is InChI=1S/C17H35O7P/c1-2-3-4-5-6-7-8-9-10-11-12-13-17(19)24-16(14-18)15-23-25(20,21)22/h16,18H,2-15H2,1H3,(H2,20,21,22)/t16-/m1/s1. The smallest absolute Gasteiger partial charge is 0.457 e. The van der Waals surface area contributed by atoms with Crippen molar-refractivity contribution in [1.29, 1.82) is 0 Å². The van der Waals surface area contributed by atoms with Crippen molar-refractivity contribution in [3.8, 4) is 0 Å². The van der Waals surface area contributed by atoms with Crippen molar-refractivity contribution in [2.75, 3.05) is 13.2 Å². The van der Waals surface area contributed by atoms with Gasteiger partial charge in [0.05, 0.1) is 13.2 Å². The van der Waals surface area contributed by atoms with Crippen molar-refractivity contribution in [3.63, 3.8) is 0 Å². The lowest BCUT2D eigenvalue weighted by molar-refractivity contribution is -0.153. The molecule has 3 N–H and O–H groups in total. The van der Waals surface area contributed by atoms with Gasteiger partial charge in [-0.3, -0.25) is 9.32 Å². The molecule has 0 aliphatic heterocycles. The van der Waals surface area contributed by atoms with Gasteiger partial charge in [-0.2, -0.15) is 0 Å². The molecule has 0 spiro atoms. The minimum Gasteiger partial charge on any atom is -0.457 e. The van der Waals surface area contributed by atoms with E-state index in [1.807, 2.05) is 0 Å². The third-order valence-electron chi connectivity index (χ3n) is 3.91. The Labute approximate surface area is 151 Å². The summed E-state index contributed by atoms with van der Waals surface area (Å²) in [5.74, 6) is -0.482. The number of carbonyl (C=O) groups excluding carboxylic acids is 1. The van der Waals surface area contributed by atoms with Gasteiger partial charge in [0, 0.05) is 6.42 Å². The number of phosphoric ester groups is 1. The fourth-order valence-electron chi connectivity index (χ4n) is 2.48. The summed E-state index contributed by atoms with van der Waals surface area (Å²) in [5.41, 5.74) is 0. The zero-order valence-corrected chi connectivity index (χ0v) is 16.3. The number of phosphoric acid groups is 1. The van der Waals surface area contributed by atoms with Crippen LogP contribution in [0.4, 0.5) is 0 Å². The fraction of sp³-hybridized carbons (Fsp3) is 0.941. The summed E-state index contributed by atoms with van der Waals surface area (Å²) >= 11 is 0. The summed E-state index contributed by atoms with van der Waals surface area (Å²) in [6, 6.07) is 0.